The van der Waals surface area contributed by atoms with Gasteiger partial charge in [-0.2, -0.15) is 0 Å². The van der Waals surface area contributed by atoms with Crippen molar-refractivity contribution < 1.29 is 0 Å². The number of nitrogens with two attached hydrogens (primary N) is 1. The van der Waals surface area contributed by atoms with Crippen molar-refractivity contribution in [2.45, 2.75) is 13.8 Å². The van der Waals surface area contributed by atoms with Crippen molar-refractivity contribution in [1.29, 1.82) is 5.41 Å². The number of aryl methyl sites for hydroxylation is 1. The maximum atomic E-state index is 7.69. The standard InChI is InChI=1S/C17H19N3/c1-11(2)13-8-9-14(17(18)19)16(10-13)20-15-7-5-4-6-12(15)3/h4-10,20H,1H2,2-3H3,(H3,18,19). The molecule has 2 rings (SSSR count). The first-order chi connectivity index (χ1) is 9.49. The van der Waals surface area contributed by atoms with Crippen LogP contribution in [0.2, 0.25) is 0 Å². The van der Waals surface area contributed by atoms with E-state index < -0.39 is 0 Å². The Hall–Kier alpha value is -2.55. The van der Waals surface area contributed by atoms with Gasteiger partial charge >= 0.3 is 0 Å². The highest BCUT2D eigenvalue weighted by molar-refractivity contribution is 6.01. The predicted molar refractivity (Wildman–Crippen MR) is 86.6 cm³/mol. The number of para-hydroxylation sites is 1. The number of anilines is 2. The van der Waals surface area contributed by atoms with Crippen LogP contribution in [0.5, 0.6) is 0 Å². The van der Waals surface area contributed by atoms with Gasteiger partial charge in [-0.25, -0.2) is 0 Å². The molecule has 0 aliphatic rings. The first-order valence-electron chi connectivity index (χ1n) is 6.46. The summed E-state index contributed by atoms with van der Waals surface area (Å²) in [6, 6.07) is 13.8. The summed E-state index contributed by atoms with van der Waals surface area (Å²) in [6.07, 6.45) is 0. The molecule has 0 amide bonds. The van der Waals surface area contributed by atoms with Gasteiger partial charge in [-0.15, -0.1) is 0 Å². The SMILES string of the molecule is C=C(C)c1ccc(C(=N)N)c(Nc2ccccc2C)c1. The molecule has 2 aromatic carbocycles. The molecule has 0 saturated carbocycles. The lowest BCUT2D eigenvalue weighted by Crippen LogP contribution is -2.13. The van der Waals surface area contributed by atoms with E-state index in [-0.39, 0.29) is 5.84 Å². The molecule has 0 aliphatic carbocycles. The molecule has 20 heavy (non-hydrogen) atoms. The Kier molecular flexibility index (Phi) is 3.89. The minimum Gasteiger partial charge on any atom is -0.384 e. The first-order valence-corrected chi connectivity index (χ1v) is 6.46. The zero-order valence-corrected chi connectivity index (χ0v) is 11.8. The van der Waals surface area contributed by atoms with E-state index in [1.165, 1.54) is 0 Å². The summed E-state index contributed by atoms with van der Waals surface area (Å²) >= 11 is 0. The predicted octanol–water partition coefficient (Wildman–Crippen LogP) is 4.06. The van der Waals surface area contributed by atoms with Gasteiger partial charge in [0.2, 0.25) is 0 Å². The van der Waals surface area contributed by atoms with Crippen LogP contribution in [-0.2, 0) is 0 Å². The molecule has 0 aliphatic heterocycles. The maximum absolute atomic E-state index is 7.69. The molecule has 0 fully saturated rings. The summed E-state index contributed by atoms with van der Waals surface area (Å²) in [5, 5.41) is 11.0. The molecule has 0 heterocycles. The highest BCUT2D eigenvalue weighted by atomic mass is 14.9. The Morgan fingerprint density at radius 2 is 1.85 bits per heavy atom. The van der Waals surface area contributed by atoms with Gasteiger partial charge in [0.15, 0.2) is 0 Å². The Bertz CT molecular complexity index is 672. The summed E-state index contributed by atoms with van der Waals surface area (Å²) in [4.78, 5) is 0. The molecule has 102 valence electrons. The van der Waals surface area contributed by atoms with Crippen molar-refractivity contribution in [1.82, 2.24) is 0 Å². The van der Waals surface area contributed by atoms with E-state index in [1.807, 2.05) is 56.3 Å². The second-order valence-electron chi connectivity index (χ2n) is 4.89. The fraction of sp³-hybridized carbons (Fsp3) is 0.118. The van der Waals surface area contributed by atoms with Crippen LogP contribution in [0.4, 0.5) is 11.4 Å². The lowest BCUT2D eigenvalue weighted by molar-refractivity contribution is 1.39. The Morgan fingerprint density at radius 3 is 2.45 bits per heavy atom. The molecule has 0 atom stereocenters. The van der Waals surface area contributed by atoms with Crippen LogP contribution in [0.1, 0.15) is 23.6 Å². The van der Waals surface area contributed by atoms with Gasteiger partial charge in [-0.3, -0.25) is 5.41 Å². The number of amidine groups is 1. The molecule has 0 unspecified atom stereocenters. The molecule has 0 spiro atoms. The minimum atomic E-state index is 0.0503. The minimum absolute atomic E-state index is 0.0503. The second kappa shape index (κ2) is 5.61. The largest absolute Gasteiger partial charge is 0.384 e. The van der Waals surface area contributed by atoms with Crippen LogP contribution in [0.3, 0.4) is 0 Å². The molecule has 3 heteroatoms. The molecule has 4 N–H and O–H groups in total. The first kappa shape index (κ1) is 13.9. The third-order valence-electron chi connectivity index (χ3n) is 3.22. The van der Waals surface area contributed by atoms with Crippen LogP contribution in [0.15, 0.2) is 49.0 Å². The number of nitrogen functional groups attached to an aromatic ring is 1. The van der Waals surface area contributed by atoms with E-state index >= 15 is 0 Å². The smallest absolute Gasteiger partial charge is 0.124 e. The van der Waals surface area contributed by atoms with E-state index in [4.69, 9.17) is 11.1 Å². The summed E-state index contributed by atoms with van der Waals surface area (Å²) < 4.78 is 0. The van der Waals surface area contributed by atoms with E-state index in [9.17, 15) is 0 Å². The number of benzene rings is 2. The molecule has 0 saturated heterocycles. The van der Waals surface area contributed by atoms with Crippen molar-refractivity contribution in [2.75, 3.05) is 5.32 Å². The fourth-order valence-corrected chi connectivity index (χ4v) is 2.01. The molecular weight excluding hydrogens is 246 g/mol. The van der Waals surface area contributed by atoms with Gasteiger partial charge in [0.05, 0.1) is 5.69 Å². The molecule has 2 aromatic rings. The van der Waals surface area contributed by atoms with E-state index in [0.717, 1.165) is 28.1 Å². The normalized spacial score (nSPS) is 10.1. The van der Waals surface area contributed by atoms with Crippen LogP contribution in [0.25, 0.3) is 5.57 Å². The van der Waals surface area contributed by atoms with Crippen LogP contribution in [-0.4, -0.2) is 5.84 Å². The van der Waals surface area contributed by atoms with Gasteiger partial charge in [0.25, 0.3) is 0 Å². The van der Waals surface area contributed by atoms with Gasteiger partial charge in [-0.05, 0) is 43.2 Å². The van der Waals surface area contributed by atoms with Crippen molar-refractivity contribution in [3.63, 3.8) is 0 Å². The van der Waals surface area contributed by atoms with E-state index in [2.05, 4.69) is 11.9 Å². The summed E-state index contributed by atoms with van der Waals surface area (Å²) in [5.41, 5.74) is 11.3. The van der Waals surface area contributed by atoms with Crippen molar-refractivity contribution >= 4 is 22.8 Å². The Labute approximate surface area is 119 Å². The number of hydrogen-bond acceptors (Lipinski definition) is 2. The monoisotopic (exact) mass is 265 g/mol. The number of nitrogens with one attached hydrogen (secondary N) is 2. The lowest BCUT2D eigenvalue weighted by atomic mass is 10.0. The Balaban J connectivity index is 2.48. The molecule has 3 nitrogen and oxygen atoms in total. The van der Waals surface area contributed by atoms with Crippen LogP contribution >= 0.6 is 0 Å². The molecular formula is C17H19N3. The molecule has 0 aromatic heterocycles. The average Bonchev–Trinajstić information content (AvgIpc) is 2.41. The van der Waals surface area contributed by atoms with Gasteiger partial charge in [0.1, 0.15) is 5.84 Å². The fourth-order valence-electron chi connectivity index (χ4n) is 2.01. The number of allylic oxidation sites excluding steroid dienone is 1. The topological polar surface area (TPSA) is 61.9 Å². The zero-order valence-electron chi connectivity index (χ0n) is 11.8. The highest BCUT2D eigenvalue weighted by Gasteiger charge is 2.08. The second-order valence-corrected chi connectivity index (χ2v) is 4.89. The zero-order chi connectivity index (χ0) is 14.7. The van der Waals surface area contributed by atoms with Crippen molar-refractivity contribution in [2.24, 2.45) is 5.73 Å². The number of hydrogen-bond donors (Lipinski definition) is 3. The van der Waals surface area contributed by atoms with E-state index in [0.29, 0.717) is 5.56 Å². The average molecular weight is 265 g/mol. The summed E-state index contributed by atoms with van der Waals surface area (Å²) in [5.74, 6) is 0.0503. The molecule has 0 radical (unpaired) electrons. The summed E-state index contributed by atoms with van der Waals surface area (Å²) in [7, 11) is 0. The Morgan fingerprint density at radius 1 is 1.15 bits per heavy atom. The lowest BCUT2D eigenvalue weighted by Gasteiger charge is -2.15. The maximum Gasteiger partial charge on any atom is 0.124 e. The van der Waals surface area contributed by atoms with Crippen molar-refractivity contribution in [3.05, 3.63) is 65.7 Å². The molecule has 0 bridgehead atoms. The highest BCUT2D eigenvalue weighted by Crippen LogP contribution is 2.26. The summed E-state index contributed by atoms with van der Waals surface area (Å²) in [6.45, 7) is 7.95. The van der Waals surface area contributed by atoms with Gasteiger partial charge in [0, 0.05) is 11.3 Å². The number of rotatable bonds is 4. The quantitative estimate of drug-likeness (QED) is 0.576. The van der Waals surface area contributed by atoms with Gasteiger partial charge < -0.3 is 11.1 Å². The van der Waals surface area contributed by atoms with E-state index in [1.54, 1.807) is 0 Å². The van der Waals surface area contributed by atoms with Crippen LogP contribution < -0.4 is 11.1 Å². The third kappa shape index (κ3) is 2.88. The van der Waals surface area contributed by atoms with Crippen molar-refractivity contribution in [3.8, 4) is 0 Å². The van der Waals surface area contributed by atoms with Crippen LogP contribution in [0, 0.1) is 12.3 Å². The third-order valence-corrected chi connectivity index (χ3v) is 3.22. The van der Waals surface area contributed by atoms with Gasteiger partial charge in [-0.1, -0.05) is 36.4 Å².